The SMILES string of the molecule is COC(=O)C[C@@H](NC(=O)OC(C)(C)C)c1ccc(-c2cccc3ccccc23)cc1. The Balaban J connectivity index is 1.87. The van der Waals surface area contributed by atoms with Crippen LogP contribution in [0, 0.1) is 0 Å². The van der Waals surface area contributed by atoms with Crippen LogP contribution in [0.25, 0.3) is 21.9 Å². The zero-order valence-electron chi connectivity index (χ0n) is 17.8. The van der Waals surface area contributed by atoms with E-state index in [1.807, 2.05) is 42.5 Å². The summed E-state index contributed by atoms with van der Waals surface area (Å²) in [5, 5.41) is 5.13. The van der Waals surface area contributed by atoms with Gasteiger partial charge in [0.05, 0.1) is 19.6 Å². The lowest BCUT2D eigenvalue weighted by molar-refractivity contribution is -0.141. The summed E-state index contributed by atoms with van der Waals surface area (Å²) in [7, 11) is 1.33. The Labute approximate surface area is 177 Å². The van der Waals surface area contributed by atoms with Crippen LogP contribution >= 0.6 is 0 Å². The average Bonchev–Trinajstić information content (AvgIpc) is 2.71. The highest BCUT2D eigenvalue weighted by atomic mass is 16.6. The minimum Gasteiger partial charge on any atom is -0.469 e. The molecule has 5 heteroatoms. The third kappa shape index (κ3) is 5.38. The second-order valence-corrected chi connectivity index (χ2v) is 8.13. The lowest BCUT2D eigenvalue weighted by Gasteiger charge is -2.23. The first kappa shape index (κ1) is 21.4. The predicted molar refractivity (Wildman–Crippen MR) is 118 cm³/mol. The van der Waals surface area contributed by atoms with E-state index in [-0.39, 0.29) is 6.42 Å². The Bertz CT molecular complexity index is 1030. The van der Waals surface area contributed by atoms with Gasteiger partial charge in [-0.25, -0.2) is 4.79 Å². The molecule has 0 bridgehead atoms. The Morgan fingerprint density at radius 3 is 2.27 bits per heavy atom. The number of methoxy groups -OCH3 is 1. The van der Waals surface area contributed by atoms with Gasteiger partial charge in [0, 0.05) is 0 Å². The maximum absolute atomic E-state index is 12.3. The number of fused-ring (bicyclic) bond motifs is 1. The van der Waals surface area contributed by atoms with Gasteiger partial charge >= 0.3 is 12.1 Å². The van der Waals surface area contributed by atoms with Gasteiger partial charge < -0.3 is 14.8 Å². The predicted octanol–water partition coefficient (Wildman–Crippen LogP) is 5.64. The molecule has 1 N–H and O–H groups in total. The molecule has 0 fully saturated rings. The summed E-state index contributed by atoms with van der Waals surface area (Å²) in [5.41, 5.74) is 2.36. The Hall–Kier alpha value is -3.34. The Kier molecular flexibility index (Phi) is 6.40. The Morgan fingerprint density at radius 2 is 1.60 bits per heavy atom. The van der Waals surface area contributed by atoms with Gasteiger partial charge in [-0.05, 0) is 48.2 Å². The fourth-order valence-corrected chi connectivity index (χ4v) is 3.32. The smallest absolute Gasteiger partial charge is 0.408 e. The number of carbonyl (C=O) groups is 2. The van der Waals surface area contributed by atoms with Crippen molar-refractivity contribution in [3.05, 3.63) is 72.3 Å². The van der Waals surface area contributed by atoms with E-state index in [2.05, 4.69) is 29.6 Å². The van der Waals surface area contributed by atoms with Crippen LogP contribution in [-0.4, -0.2) is 24.8 Å². The number of rotatable bonds is 5. The summed E-state index contributed by atoms with van der Waals surface area (Å²) in [5.74, 6) is -0.408. The van der Waals surface area contributed by atoms with Crippen molar-refractivity contribution in [2.45, 2.75) is 38.8 Å². The fourth-order valence-electron chi connectivity index (χ4n) is 3.32. The molecule has 0 saturated carbocycles. The number of esters is 1. The molecule has 156 valence electrons. The summed E-state index contributed by atoms with van der Waals surface area (Å²) in [6.07, 6.45) is -0.557. The number of alkyl carbamates (subject to hydrolysis) is 1. The molecule has 0 heterocycles. The normalized spacial score (nSPS) is 12.3. The van der Waals surface area contributed by atoms with E-state index in [4.69, 9.17) is 9.47 Å². The minimum absolute atomic E-state index is 0.0172. The topological polar surface area (TPSA) is 64.6 Å². The molecule has 0 spiro atoms. The monoisotopic (exact) mass is 405 g/mol. The van der Waals surface area contributed by atoms with Gasteiger partial charge in [0.25, 0.3) is 0 Å². The molecule has 5 nitrogen and oxygen atoms in total. The number of ether oxygens (including phenoxy) is 2. The second-order valence-electron chi connectivity index (χ2n) is 8.13. The first-order valence-corrected chi connectivity index (χ1v) is 9.91. The molecule has 3 aromatic rings. The van der Waals surface area contributed by atoms with E-state index in [0.717, 1.165) is 16.7 Å². The van der Waals surface area contributed by atoms with Gasteiger partial charge in [-0.3, -0.25) is 4.79 Å². The Morgan fingerprint density at radius 1 is 0.933 bits per heavy atom. The first-order valence-electron chi connectivity index (χ1n) is 9.91. The first-order chi connectivity index (χ1) is 14.3. The van der Waals surface area contributed by atoms with Gasteiger partial charge in [0.15, 0.2) is 0 Å². The second kappa shape index (κ2) is 8.99. The summed E-state index contributed by atoms with van der Waals surface area (Å²) in [4.78, 5) is 24.1. The number of benzene rings is 3. The molecule has 0 radical (unpaired) electrons. The molecule has 0 aliphatic carbocycles. The third-order valence-electron chi connectivity index (χ3n) is 4.70. The molecule has 0 saturated heterocycles. The van der Waals surface area contributed by atoms with Crippen molar-refractivity contribution in [2.24, 2.45) is 0 Å². The maximum atomic E-state index is 12.3. The van der Waals surface area contributed by atoms with Crippen LogP contribution in [0.15, 0.2) is 66.7 Å². The summed E-state index contributed by atoms with van der Waals surface area (Å²) in [6, 6.07) is 21.7. The van der Waals surface area contributed by atoms with E-state index < -0.39 is 23.7 Å². The molecule has 3 rings (SSSR count). The molecule has 0 aliphatic heterocycles. The van der Waals surface area contributed by atoms with Crippen molar-refractivity contribution in [1.82, 2.24) is 5.32 Å². The highest BCUT2D eigenvalue weighted by molar-refractivity contribution is 5.96. The maximum Gasteiger partial charge on any atom is 0.408 e. The number of hydrogen-bond donors (Lipinski definition) is 1. The van der Waals surface area contributed by atoms with Gasteiger partial charge in [-0.2, -0.15) is 0 Å². The van der Waals surface area contributed by atoms with Crippen LogP contribution in [0.4, 0.5) is 4.79 Å². The van der Waals surface area contributed by atoms with Crippen molar-refractivity contribution in [2.75, 3.05) is 7.11 Å². The van der Waals surface area contributed by atoms with Crippen LogP contribution < -0.4 is 5.32 Å². The quantitative estimate of drug-likeness (QED) is 0.558. The number of carbonyl (C=O) groups excluding carboxylic acids is 2. The van der Waals surface area contributed by atoms with Crippen molar-refractivity contribution in [1.29, 1.82) is 0 Å². The molecular formula is C25H27NO4. The van der Waals surface area contributed by atoms with Crippen molar-refractivity contribution >= 4 is 22.8 Å². The lowest BCUT2D eigenvalue weighted by atomic mass is 9.95. The van der Waals surface area contributed by atoms with E-state index >= 15 is 0 Å². The molecular weight excluding hydrogens is 378 g/mol. The molecule has 0 aromatic heterocycles. The molecule has 1 amide bonds. The van der Waals surface area contributed by atoms with E-state index in [0.29, 0.717) is 0 Å². The number of amides is 1. The molecule has 1 atom stereocenters. The van der Waals surface area contributed by atoms with Gasteiger partial charge in [-0.1, -0.05) is 66.7 Å². The van der Waals surface area contributed by atoms with Gasteiger partial charge in [-0.15, -0.1) is 0 Å². The third-order valence-corrected chi connectivity index (χ3v) is 4.70. The standard InChI is InChI=1S/C25H27NO4/c1-25(2,3)30-24(28)26-22(16-23(27)29-4)19-14-12-18(13-15-19)21-11-7-9-17-8-5-6-10-20(17)21/h5-15,22H,16H2,1-4H3,(H,26,28)/t22-/m1/s1. The van der Waals surface area contributed by atoms with Crippen molar-refractivity contribution in [3.8, 4) is 11.1 Å². The highest BCUT2D eigenvalue weighted by Gasteiger charge is 2.23. The molecule has 0 aliphatic rings. The molecule has 0 unspecified atom stereocenters. The average molecular weight is 405 g/mol. The fraction of sp³-hybridized carbons (Fsp3) is 0.280. The van der Waals surface area contributed by atoms with Crippen LogP contribution in [0.2, 0.25) is 0 Å². The zero-order valence-corrected chi connectivity index (χ0v) is 17.8. The van der Waals surface area contributed by atoms with Crippen LogP contribution in [-0.2, 0) is 14.3 Å². The molecule has 3 aromatic carbocycles. The largest absolute Gasteiger partial charge is 0.469 e. The van der Waals surface area contributed by atoms with Crippen molar-refractivity contribution in [3.63, 3.8) is 0 Å². The summed E-state index contributed by atoms with van der Waals surface area (Å²) < 4.78 is 10.1. The lowest BCUT2D eigenvalue weighted by Crippen LogP contribution is -2.35. The molecule has 30 heavy (non-hydrogen) atoms. The highest BCUT2D eigenvalue weighted by Crippen LogP contribution is 2.30. The van der Waals surface area contributed by atoms with Crippen molar-refractivity contribution < 1.29 is 19.1 Å². The van der Waals surface area contributed by atoms with E-state index in [1.54, 1.807) is 20.8 Å². The van der Waals surface area contributed by atoms with Crippen LogP contribution in [0.1, 0.15) is 38.8 Å². The zero-order chi connectivity index (χ0) is 21.7. The minimum atomic E-state index is -0.627. The van der Waals surface area contributed by atoms with Gasteiger partial charge in [0.2, 0.25) is 0 Å². The van der Waals surface area contributed by atoms with E-state index in [9.17, 15) is 9.59 Å². The number of hydrogen-bond acceptors (Lipinski definition) is 4. The van der Waals surface area contributed by atoms with Crippen LogP contribution in [0.5, 0.6) is 0 Å². The summed E-state index contributed by atoms with van der Waals surface area (Å²) >= 11 is 0. The summed E-state index contributed by atoms with van der Waals surface area (Å²) in [6.45, 7) is 5.38. The van der Waals surface area contributed by atoms with Crippen LogP contribution in [0.3, 0.4) is 0 Å². The van der Waals surface area contributed by atoms with E-state index in [1.165, 1.54) is 17.9 Å². The number of nitrogens with one attached hydrogen (secondary N) is 1. The van der Waals surface area contributed by atoms with Gasteiger partial charge in [0.1, 0.15) is 5.60 Å².